The maximum absolute atomic E-state index is 10.8. The predicted molar refractivity (Wildman–Crippen MR) is 59.5 cm³/mol. The average Bonchev–Trinajstić information content (AvgIpc) is 2.75. The summed E-state index contributed by atoms with van der Waals surface area (Å²) in [6.07, 6.45) is 3.57. The molecular weight excluding hydrogens is 212 g/mol. The van der Waals surface area contributed by atoms with Gasteiger partial charge >= 0.3 is 5.97 Å². The molecule has 1 aliphatic rings. The van der Waals surface area contributed by atoms with Crippen LogP contribution in [-0.4, -0.2) is 22.1 Å². The summed E-state index contributed by atoms with van der Waals surface area (Å²) in [6, 6.07) is 0.462. The lowest BCUT2D eigenvalue weighted by molar-refractivity contribution is 0.0692. The van der Waals surface area contributed by atoms with Crippen LogP contribution >= 0.6 is 11.3 Å². The molecule has 15 heavy (non-hydrogen) atoms. The van der Waals surface area contributed by atoms with E-state index in [1.165, 1.54) is 24.2 Å². The number of carbonyl (C=O) groups is 1. The Bertz CT molecular complexity index is 364. The van der Waals surface area contributed by atoms with Crippen LogP contribution in [0, 0.1) is 5.92 Å². The first kappa shape index (κ1) is 10.4. The molecular formula is C10H14N2O2S. The van der Waals surface area contributed by atoms with Crippen molar-refractivity contribution in [2.24, 2.45) is 5.92 Å². The Morgan fingerprint density at radius 3 is 3.27 bits per heavy atom. The third-order valence-electron chi connectivity index (χ3n) is 2.67. The molecule has 0 bridgehead atoms. The Hall–Kier alpha value is -1.10. The van der Waals surface area contributed by atoms with Gasteiger partial charge in [-0.25, -0.2) is 9.78 Å². The number of hydrogen-bond donors (Lipinski definition) is 2. The number of anilines is 1. The zero-order valence-electron chi connectivity index (χ0n) is 8.56. The second kappa shape index (κ2) is 4.18. The van der Waals surface area contributed by atoms with E-state index in [9.17, 15) is 4.79 Å². The van der Waals surface area contributed by atoms with Crippen LogP contribution in [0.25, 0.3) is 0 Å². The molecule has 1 saturated carbocycles. The maximum Gasteiger partial charge on any atom is 0.357 e. The Kier molecular flexibility index (Phi) is 2.90. The summed E-state index contributed by atoms with van der Waals surface area (Å²) >= 11 is 1.36. The molecule has 2 unspecified atom stereocenters. The van der Waals surface area contributed by atoms with E-state index in [-0.39, 0.29) is 5.69 Å². The molecule has 1 aromatic rings. The van der Waals surface area contributed by atoms with E-state index >= 15 is 0 Å². The Labute approximate surface area is 92.3 Å². The Morgan fingerprint density at radius 2 is 2.60 bits per heavy atom. The van der Waals surface area contributed by atoms with Gasteiger partial charge in [0.2, 0.25) is 0 Å². The van der Waals surface area contributed by atoms with Crippen molar-refractivity contribution in [3.8, 4) is 0 Å². The zero-order chi connectivity index (χ0) is 10.8. The number of carboxylic acids is 1. The minimum absolute atomic E-state index is 0.155. The molecule has 1 heterocycles. The lowest BCUT2D eigenvalue weighted by Gasteiger charge is -2.02. The molecule has 5 heteroatoms. The molecule has 2 rings (SSSR count). The molecule has 1 aliphatic carbocycles. The number of aromatic carboxylic acids is 1. The minimum atomic E-state index is -0.952. The fourth-order valence-corrected chi connectivity index (χ4v) is 2.52. The summed E-state index contributed by atoms with van der Waals surface area (Å²) in [4.78, 5) is 14.6. The highest BCUT2D eigenvalue weighted by Crippen LogP contribution is 2.38. The van der Waals surface area contributed by atoms with Crippen molar-refractivity contribution in [3.05, 3.63) is 11.2 Å². The first-order chi connectivity index (χ1) is 7.22. The Balaban J connectivity index is 1.95. The third kappa shape index (κ3) is 2.28. The van der Waals surface area contributed by atoms with E-state index in [1.807, 2.05) is 0 Å². The van der Waals surface area contributed by atoms with Crippen LogP contribution < -0.4 is 5.32 Å². The summed E-state index contributed by atoms with van der Waals surface area (Å²) in [7, 11) is 0. The summed E-state index contributed by atoms with van der Waals surface area (Å²) in [5.74, 6) is -0.231. The summed E-state index contributed by atoms with van der Waals surface area (Å²) in [5.41, 5.74) is 1.73. The number of carboxylic acid groups (broad SMARTS) is 1. The van der Waals surface area contributed by atoms with Crippen molar-refractivity contribution >= 4 is 22.3 Å². The third-order valence-corrected chi connectivity index (χ3v) is 3.43. The van der Waals surface area contributed by atoms with Gasteiger partial charge in [0, 0.05) is 6.04 Å². The van der Waals surface area contributed by atoms with Gasteiger partial charge in [-0.15, -0.1) is 11.3 Å². The maximum atomic E-state index is 10.8. The van der Waals surface area contributed by atoms with Crippen molar-refractivity contribution in [3.63, 3.8) is 0 Å². The predicted octanol–water partition coefficient (Wildman–Crippen LogP) is 2.44. The van der Waals surface area contributed by atoms with Gasteiger partial charge in [-0.05, 0) is 18.8 Å². The minimum Gasteiger partial charge on any atom is -0.476 e. The number of thiazole rings is 1. The van der Waals surface area contributed by atoms with Crippen LogP contribution in [-0.2, 0) is 0 Å². The van der Waals surface area contributed by atoms with Crippen LogP contribution in [0.4, 0.5) is 5.00 Å². The number of rotatable bonds is 5. The zero-order valence-corrected chi connectivity index (χ0v) is 9.38. The fourth-order valence-electron chi connectivity index (χ4n) is 1.78. The molecule has 82 valence electrons. The molecule has 0 radical (unpaired) electrons. The van der Waals surface area contributed by atoms with Gasteiger partial charge in [0.1, 0.15) is 5.00 Å². The van der Waals surface area contributed by atoms with E-state index in [4.69, 9.17) is 5.11 Å². The van der Waals surface area contributed by atoms with Crippen LogP contribution in [0.5, 0.6) is 0 Å². The number of nitrogens with one attached hydrogen (secondary N) is 1. The second-order valence-corrected chi connectivity index (χ2v) is 4.73. The summed E-state index contributed by atoms with van der Waals surface area (Å²) < 4.78 is 0. The van der Waals surface area contributed by atoms with E-state index in [2.05, 4.69) is 17.2 Å². The molecule has 0 amide bonds. The Morgan fingerprint density at radius 1 is 1.80 bits per heavy atom. The van der Waals surface area contributed by atoms with Crippen molar-refractivity contribution in [2.45, 2.75) is 32.2 Å². The number of aromatic nitrogens is 1. The van der Waals surface area contributed by atoms with Gasteiger partial charge in [0.15, 0.2) is 5.69 Å². The first-order valence-corrected chi connectivity index (χ1v) is 6.03. The normalized spacial score (nSPS) is 23.8. The first-order valence-electron chi connectivity index (χ1n) is 5.15. The molecule has 2 atom stereocenters. The molecule has 0 saturated heterocycles. The standard InChI is InChI=1S/C10H14N2O2S/c1-2-3-6-4-7(6)12-9-8(10(13)14)11-5-15-9/h5-7,12H,2-4H2,1H3,(H,13,14). The highest BCUT2D eigenvalue weighted by molar-refractivity contribution is 7.14. The second-order valence-electron chi connectivity index (χ2n) is 3.87. The van der Waals surface area contributed by atoms with Gasteiger partial charge in [-0.2, -0.15) is 0 Å². The van der Waals surface area contributed by atoms with Crippen LogP contribution in [0.2, 0.25) is 0 Å². The smallest absolute Gasteiger partial charge is 0.357 e. The van der Waals surface area contributed by atoms with Crippen LogP contribution in [0.15, 0.2) is 5.51 Å². The molecule has 1 fully saturated rings. The lowest BCUT2D eigenvalue weighted by Crippen LogP contribution is -2.08. The molecule has 2 N–H and O–H groups in total. The summed E-state index contributed by atoms with van der Waals surface area (Å²) in [5, 5.41) is 12.8. The van der Waals surface area contributed by atoms with E-state index < -0.39 is 5.97 Å². The molecule has 0 aromatic carbocycles. The van der Waals surface area contributed by atoms with Crippen molar-refractivity contribution in [1.82, 2.24) is 4.98 Å². The van der Waals surface area contributed by atoms with Crippen LogP contribution in [0.1, 0.15) is 36.7 Å². The molecule has 0 aliphatic heterocycles. The van der Waals surface area contributed by atoms with Gasteiger partial charge in [-0.1, -0.05) is 13.3 Å². The topological polar surface area (TPSA) is 62.2 Å². The van der Waals surface area contributed by atoms with Crippen LogP contribution in [0.3, 0.4) is 0 Å². The molecule has 1 aromatic heterocycles. The van der Waals surface area contributed by atoms with Gasteiger partial charge < -0.3 is 10.4 Å². The van der Waals surface area contributed by atoms with Crippen molar-refractivity contribution in [2.75, 3.05) is 5.32 Å². The summed E-state index contributed by atoms with van der Waals surface area (Å²) in [6.45, 7) is 2.17. The number of nitrogens with zero attached hydrogens (tertiary/aromatic N) is 1. The molecule has 0 spiro atoms. The van der Waals surface area contributed by atoms with Gasteiger partial charge in [-0.3, -0.25) is 0 Å². The SMILES string of the molecule is CCCC1CC1Nc1scnc1C(=O)O. The quantitative estimate of drug-likeness (QED) is 0.809. The van der Waals surface area contributed by atoms with Gasteiger partial charge in [0.05, 0.1) is 5.51 Å². The lowest BCUT2D eigenvalue weighted by atomic mass is 10.2. The highest BCUT2D eigenvalue weighted by atomic mass is 32.1. The van der Waals surface area contributed by atoms with E-state index in [1.54, 1.807) is 5.51 Å². The monoisotopic (exact) mass is 226 g/mol. The van der Waals surface area contributed by atoms with Crippen molar-refractivity contribution < 1.29 is 9.90 Å². The van der Waals surface area contributed by atoms with Crippen molar-refractivity contribution in [1.29, 1.82) is 0 Å². The average molecular weight is 226 g/mol. The number of hydrogen-bond acceptors (Lipinski definition) is 4. The van der Waals surface area contributed by atoms with Gasteiger partial charge in [0.25, 0.3) is 0 Å². The molecule has 4 nitrogen and oxygen atoms in total. The van der Waals surface area contributed by atoms with E-state index in [0.29, 0.717) is 11.0 Å². The fraction of sp³-hybridized carbons (Fsp3) is 0.600. The largest absolute Gasteiger partial charge is 0.476 e. The highest BCUT2D eigenvalue weighted by Gasteiger charge is 2.36. The van der Waals surface area contributed by atoms with E-state index in [0.717, 1.165) is 12.3 Å².